The summed E-state index contributed by atoms with van der Waals surface area (Å²) in [5, 5.41) is 16.2. The molecule has 1 amide bonds. The first kappa shape index (κ1) is 13.0. The predicted octanol–water partition coefficient (Wildman–Crippen LogP) is 1.45. The second kappa shape index (κ2) is 5.83. The van der Waals surface area contributed by atoms with E-state index in [1.54, 1.807) is 26.1 Å². The molecule has 0 aliphatic heterocycles. The van der Waals surface area contributed by atoms with E-state index in [9.17, 15) is 14.9 Å². The van der Waals surface area contributed by atoms with Crippen LogP contribution in [0.1, 0.15) is 12.0 Å². The maximum atomic E-state index is 11.0. The number of rotatable bonds is 5. The summed E-state index contributed by atoms with van der Waals surface area (Å²) >= 11 is 0. The van der Waals surface area contributed by atoms with E-state index in [0.29, 0.717) is 18.5 Å². The Labute approximate surface area is 99.2 Å². The third-order valence-electron chi connectivity index (χ3n) is 2.35. The van der Waals surface area contributed by atoms with Gasteiger partial charge in [0.2, 0.25) is 5.91 Å². The van der Waals surface area contributed by atoms with Gasteiger partial charge in [0.1, 0.15) is 0 Å². The molecule has 1 aromatic carbocycles. The van der Waals surface area contributed by atoms with Crippen LogP contribution in [-0.2, 0) is 4.79 Å². The van der Waals surface area contributed by atoms with Crippen molar-refractivity contribution in [3.8, 4) is 0 Å². The number of nitrogens with one attached hydrogen (secondary N) is 2. The van der Waals surface area contributed by atoms with Gasteiger partial charge in [0.05, 0.1) is 4.92 Å². The van der Waals surface area contributed by atoms with Crippen molar-refractivity contribution in [1.82, 2.24) is 5.32 Å². The molecule has 0 aliphatic rings. The van der Waals surface area contributed by atoms with Gasteiger partial charge in [-0.3, -0.25) is 14.9 Å². The Morgan fingerprint density at radius 1 is 1.47 bits per heavy atom. The van der Waals surface area contributed by atoms with Crippen LogP contribution in [0.5, 0.6) is 0 Å². The summed E-state index contributed by atoms with van der Waals surface area (Å²) in [6.07, 6.45) is 0.368. The molecule has 0 aromatic heterocycles. The van der Waals surface area contributed by atoms with Crippen molar-refractivity contribution in [2.24, 2.45) is 0 Å². The minimum atomic E-state index is -0.413. The van der Waals surface area contributed by atoms with Gasteiger partial charge in [-0.15, -0.1) is 0 Å². The molecule has 1 rings (SSSR count). The Bertz CT molecular complexity index is 432. The number of nitrogens with zero attached hydrogens (tertiary/aromatic N) is 1. The highest BCUT2D eigenvalue weighted by atomic mass is 16.6. The van der Waals surface area contributed by atoms with E-state index in [-0.39, 0.29) is 11.6 Å². The van der Waals surface area contributed by atoms with Gasteiger partial charge < -0.3 is 10.6 Å². The summed E-state index contributed by atoms with van der Waals surface area (Å²) in [5.41, 5.74) is 1.47. The SMILES string of the molecule is CNC(=O)CCNc1ccc([N+](=O)[O-])c(C)c1. The molecule has 1 aromatic rings. The lowest BCUT2D eigenvalue weighted by molar-refractivity contribution is -0.385. The van der Waals surface area contributed by atoms with E-state index >= 15 is 0 Å². The predicted molar refractivity (Wildman–Crippen MR) is 65.0 cm³/mol. The Morgan fingerprint density at radius 2 is 2.18 bits per heavy atom. The first-order valence-corrected chi connectivity index (χ1v) is 5.24. The number of benzene rings is 1. The molecule has 0 bridgehead atoms. The van der Waals surface area contributed by atoms with Gasteiger partial charge in [-0.1, -0.05) is 0 Å². The second-order valence-corrected chi connectivity index (χ2v) is 3.61. The number of hydrogen-bond acceptors (Lipinski definition) is 4. The van der Waals surface area contributed by atoms with Crippen LogP contribution in [0.4, 0.5) is 11.4 Å². The first-order valence-electron chi connectivity index (χ1n) is 5.24. The number of nitro benzene ring substituents is 1. The highest BCUT2D eigenvalue weighted by Gasteiger charge is 2.09. The average molecular weight is 237 g/mol. The molecule has 2 N–H and O–H groups in total. The zero-order valence-corrected chi connectivity index (χ0v) is 9.82. The van der Waals surface area contributed by atoms with E-state index in [0.717, 1.165) is 5.69 Å². The van der Waals surface area contributed by atoms with Crippen LogP contribution in [0.2, 0.25) is 0 Å². The van der Waals surface area contributed by atoms with E-state index in [1.165, 1.54) is 6.07 Å². The number of aryl methyl sites for hydroxylation is 1. The highest BCUT2D eigenvalue weighted by molar-refractivity contribution is 5.76. The number of carbonyl (C=O) groups excluding carboxylic acids is 1. The number of amides is 1. The van der Waals surface area contributed by atoms with Crippen LogP contribution >= 0.6 is 0 Å². The van der Waals surface area contributed by atoms with Crippen LogP contribution in [0.3, 0.4) is 0 Å². The molecule has 92 valence electrons. The summed E-state index contributed by atoms with van der Waals surface area (Å²) in [5.74, 6) is -0.0452. The van der Waals surface area contributed by atoms with Gasteiger partial charge in [0, 0.05) is 37.3 Å². The molecule has 0 atom stereocenters. The normalized spacial score (nSPS) is 9.76. The van der Waals surface area contributed by atoms with E-state index < -0.39 is 4.92 Å². The molecule has 0 saturated heterocycles. The molecular formula is C11H15N3O3. The third kappa shape index (κ3) is 3.75. The molecular weight excluding hydrogens is 222 g/mol. The van der Waals surface area contributed by atoms with Crippen molar-refractivity contribution in [1.29, 1.82) is 0 Å². The van der Waals surface area contributed by atoms with Crippen LogP contribution < -0.4 is 10.6 Å². The van der Waals surface area contributed by atoms with Gasteiger partial charge in [0.25, 0.3) is 5.69 Å². The first-order chi connectivity index (χ1) is 8.04. The van der Waals surface area contributed by atoms with Crippen molar-refractivity contribution in [2.45, 2.75) is 13.3 Å². The lowest BCUT2D eigenvalue weighted by Crippen LogP contribution is -2.20. The topological polar surface area (TPSA) is 84.3 Å². The summed E-state index contributed by atoms with van der Waals surface area (Å²) in [6, 6.07) is 4.79. The zero-order chi connectivity index (χ0) is 12.8. The van der Waals surface area contributed by atoms with E-state index in [4.69, 9.17) is 0 Å². The zero-order valence-electron chi connectivity index (χ0n) is 9.82. The molecule has 6 nitrogen and oxygen atoms in total. The van der Waals surface area contributed by atoms with Crippen molar-refractivity contribution < 1.29 is 9.72 Å². The summed E-state index contributed by atoms with van der Waals surface area (Å²) in [6.45, 7) is 2.18. The van der Waals surface area contributed by atoms with Gasteiger partial charge in [-0.25, -0.2) is 0 Å². The van der Waals surface area contributed by atoms with Crippen molar-refractivity contribution in [3.05, 3.63) is 33.9 Å². The van der Waals surface area contributed by atoms with Crippen LogP contribution in [0.25, 0.3) is 0 Å². The average Bonchev–Trinajstić information content (AvgIpc) is 2.28. The van der Waals surface area contributed by atoms with Crippen LogP contribution in [0.15, 0.2) is 18.2 Å². The fourth-order valence-electron chi connectivity index (χ4n) is 1.42. The molecule has 0 aliphatic carbocycles. The number of hydrogen-bond donors (Lipinski definition) is 2. The van der Waals surface area contributed by atoms with Crippen molar-refractivity contribution in [2.75, 3.05) is 18.9 Å². The fraction of sp³-hybridized carbons (Fsp3) is 0.364. The lowest BCUT2D eigenvalue weighted by atomic mass is 10.2. The van der Waals surface area contributed by atoms with Gasteiger partial charge in [0.15, 0.2) is 0 Å². The number of carbonyl (C=O) groups is 1. The van der Waals surface area contributed by atoms with Gasteiger partial charge in [-0.05, 0) is 19.1 Å². The van der Waals surface area contributed by atoms with E-state index in [1.807, 2.05) is 0 Å². The Kier molecular flexibility index (Phi) is 4.45. The summed E-state index contributed by atoms with van der Waals surface area (Å²) in [7, 11) is 1.58. The summed E-state index contributed by atoms with van der Waals surface area (Å²) < 4.78 is 0. The molecule has 0 radical (unpaired) electrons. The molecule has 0 fully saturated rings. The Balaban J connectivity index is 2.59. The van der Waals surface area contributed by atoms with Crippen molar-refractivity contribution in [3.63, 3.8) is 0 Å². The summed E-state index contributed by atoms with van der Waals surface area (Å²) in [4.78, 5) is 21.2. The quantitative estimate of drug-likeness (QED) is 0.599. The monoisotopic (exact) mass is 237 g/mol. The minimum Gasteiger partial charge on any atom is -0.385 e. The standard InChI is InChI=1S/C11H15N3O3/c1-8-7-9(3-4-10(8)14(16)17)13-6-5-11(15)12-2/h3-4,7,13H,5-6H2,1-2H3,(H,12,15). The number of anilines is 1. The largest absolute Gasteiger partial charge is 0.385 e. The Hall–Kier alpha value is -2.11. The highest BCUT2D eigenvalue weighted by Crippen LogP contribution is 2.21. The lowest BCUT2D eigenvalue weighted by Gasteiger charge is -2.06. The molecule has 17 heavy (non-hydrogen) atoms. The number of nitro groups is 1. The molecule has 0 unspecified atom stereocenters. The van der Waals surface area contributed by atoms with Crippen LogP contribution in [0, 0.1) is 17.0 Å². The third-order valence-corrected chi connectivity index (χ3v) is 2.35. The molecule has 0 heterocycles. The van der Waals surface area contributed by atoms with Gasteiger partial charge in [-0.2, -0.15) is 0 Å². The molecule has 6 heteroatoms. The van der Waals surface area contributed by atoms with Crippen LogP contribution in [-0.4, -0.2) is 24.4 Å². The second-order valence-electron chi connectivity index (χ2n) is 3.61. The van der Waals surface area contributed by atoms with E-state index in [2.05, 4.69) is 10.6 Å². The fourth-order valence-corrected chi connectivity index (χ4v) is 1.42. The smallest absolute Gasteiger partial charge is 0.272 e. The maximum Gasteiger partial charge on any atom is 0.272 e. The molecule has 0 saturated carbocycles. The maximum absolute atomic E-state index is 11.0. The van der Waals surface area contributed by atoms with Gasteiger partial charge >= 0.3 is 0 Å². The van der Waals surface area contributed by atoms with Crippen molar-refractivity contribution >= 4 is 17.3 Å². The Morgan fingerprint density at radius 3 is 2.71 bits per heavy atom. The molecule has 0 spiro atoms. The minimum absolute atomic E-state index is 0.0452.